The van der Waals surface area contributed by atoms with Crippen LogP contribution in [0.5, 0.6) is 0 Å². The Bertz CT molecular complexity index is 239. The maximum Gasteiger partial charge on any atom is 0.0517 e. The molecule has 0 aliphatic rings. The van der Waals surface area contributed by atoms with Crippen molar-refractivity contribution in [2.45, 2.75) is 38.5 Å². The van der Waals surface area contributed by atoms with E-state index in [2.05, 4.69) is 50.3 Å². The van der Waals surface area contributed by atoms with E-state index in [1.165, 1.54) is 24.1 Å². The standard InChI is InChI=1S/C12H20Si/c1-4-10-13(2,3)11-12-8-6-5-7-9-12/h5-9H,4,10-11H2,1-3H3. The molecule has 0 saturated heterocycles. The Morgan fingerprint density at radius 3 is 2.23 bits per heavy atom. The summed E-state index contributed by atoms with van der Waals surface area (Å²) in [6.07, 6.45) is 1.34. The third-order valence-electron chi connectivity index (χ3n) is 2.45. The number of benzene rings is 1. The highest BCUT2D eigenvalue weighted by Gasteiger charge is 2.19. The number of hydrogen-bond donors (Lipinski definition) is 0. The SMILES string of the molecule is CCC[Si](C)(C)Cc1ccccc1. The Kier molecular flexibility index (Phi) is 3.73. The van der Waals surface area contributed by atoms with Crippen molar-refractivity contribution in [1.82, 2.24) is 0 Å². The molecule has 0 heterocycles. The van der Waals surface area contributed by atoms with Crippen molar-refractivity contribution in [3.05, 3.63) is 35.9 Å². The second kappa shape index (κ2) is 4.61. The Morgan fingerprint density at radius 1 is 1.08 bits per heavy atom. The van der Waals surface area contributed by atoms with Gasteiger partial charge in [0, 0.05) is 0 Å². The van der Waals surface area contributed by atoms with Gasteiger partial charge in [-0.05, 0) is 6.04 Å². The van der Waals surface area contributed by atoms with Crippen LogP contribution in [0.1, 0.15) is 18.9 Å². The highest BCUT2D eigenvalue weighted by atomic mass is 28.3. The van der Waals surface area contributed by atoms with Gasteiger partial charge in [0.15, 0.2) is 0 Å². The first-order valence-electron chi connectivity index (χ1n) is 5.18. The minimum absolute atomic E-state index is 0.944. The van der Waals surface area contributed by atoms with E-state index in [0.29, 0.717) is 0 Å². The molecule has 0 atom stereocenters. The first-order chi connectivity index (χ1) is 6.14. The van der Waals surface area contributed by atoms with Crippen molar-refractivity contribution in [1.29, 1.82) is 0 Å². The lowest BCUT2D eigenvalue weighted by molar-refractivity contribution is 1.03. The van der Waals surface area contributed by atoms with E-state index in [0.717, 1.165) is 0 Å². The molecule has 1 heteroatoms. The molecule has 0 bridgehead atoms. The van der Waals surface area contributed by atoms with Gasteiger partial charge in [-0.2, -0.15) is 0 Å². The summed E-state index contributed by atoms with van der Waals surface area (Å²) in [6, 6.07) is 13.7. The highest BCUT2D eigenvalue weighted by Crippen LogP contribution is 2.17. The third kappa shape index (κ3) is 3.77. The third-order valence-corrected chi connectivity index (χ3v) is 5.67. The fourth-order valence-corrected chi connectivity index (χ4v) is 4.78. The Labute approximate surface area is 83.0 Å². The van der Waals surface area contributed by atoms with Crippen molar-refractivity contribution in [3.63, 3.8) is 0 Å². The van der Waals surface area contributed by atoms with E-state index in [4.69, 9.17) is 0 Å². The molecular weight excluding hydrogens is 172 g/mol. The summed E-state index contributed by atoms with van der Waals surface area (Å²) in [4.78, 5) is 0. The summed E-state index contributed by atoms with van der Waals surface area (Å²) in [5.74, 6) is 0. The zero-order valence-corrected chi connectivity index (χ0v) is 10.0. The van der Waals surface area contributed by atoms with E-state index in [-0.39, 0.29) is 0 Å². The van der Waals surface area contributed by atoms with Crippen LogP contribution in [0.15, 0.2) is 30.3 Å². The van der Waals surface area contributed by atoms with Gasteiger partial charge in [0.25, 0.3) is 0 Å². The molecule has 0 nitrogen and oxygen atoms in total. The Hall–Kier alpha value is -0.563. The second-order valence-corrected chi connectivity index (χ2v) is 9.76. The quantitative estimate of drug-likeness (QED) is 0.635. The van der Waals surface area contributed by atoms with Crippen LogP contribution in [0.4, 0.5) is 0 Å². The monoisotopic (exact) mass is 192 g/mol. The van der Waals surface area contributed by atoms with Crippen molar-refractivity contribution >= 4 is 8.07 Å². The van der Waals surface area contributed by atoms with Crippen LogP contribution in [-0.2, 0) is 6.04 Å². The molecule has 0 aromatic heterocycles. The van der Waals surface area contributed by atoms with Crippen LogP contribution in [0.25, 0.3) is 0 Å². The lowest BCUT2D eigenvalue weighted by atomic mass is 10.2. The summed E-state index contributed by atoms with van der Waals surface area (Å²) >= 11 is 0. The van der Waals surface area contributed by atoms with Crippen molar-refractivity contribution in [2.75, 3.05) is 0 Å². The Balaban J connectivity index is 2.58. The van der Waals surface area contributed by atoms with Crippen LogP contribution in [-0.4, -0.2) is 8.07 Å². The van der Waals surface area contributed by atoms with Crippen LogP contribution in [0.3, 0.4) is 0 Å². The molecule has 0 aliphatic heterocycles. The predicted octanol–water partition coefficient (Wildman–Crippen LogP) is 3.89. The summed E-state index contributed by atoms with van der Waals surface area (Å²) < 4.78 is 0. The van der Waals surface area contributed by atoms with E-state index in [9.17, 15) is 0 Å². The van der Waals surface area contributed by atoms with Gasteiger partial charge in [0.1, 0.15) is 0 Å². The molecule has 1 aromatic rings. The fourth-order valence-electron chi connectivity index (χ4n) is 1.91. The molecule has 1 aromatic carbocycles. The maximum absolute atomic E-state index is 2.49. The molecule has 0 N–H and O–H groups in total. The largest absolute Gasteiger partial charge is 0.0691 e. The zero-order valence-electron chi connectivity index (χ0n) is 9.01. The maximum atomic E-state index is 2.49. The predicted molar refractivity (Wildman–Crippen MR) is 62.7 cm³/mol. The molecular formula is C12H20Si. The molecule has 0 spiro atoms. The van der Waals surface area contributed by atoms with Gasteiger partial charge in [-0.15, -0.1) is 0 Å². The smallest absolute Gasteiger partial charge is 0.0517 e. The minimum atomic E-state index is -0.944. The minimum Gasteiger partial charge on any atom is -0.0691 e. The molecule has 0 saturated carbocycles. The van der Waals surface area contributed by atoms with Gasteiger partial charge in [-0.3, -0.25) is 0 Å². The Morgan fingerprint density at radius 2 is 1.69 bits per heavy atom. The fraction of sp³-hybridized carbons (Fsp3) is 0.500. The molecule has 1 rings (SSSR count). The summed E-state index contributed by atoms with van der Waals surface area (Å²) in [5, 5.41) is 0. The van der Waals surface area contributed by atoms with Crippen molar-refractivity contribution < 1.29 is 0 Å². The van der Waals surface area contributed by atoms with Gasteiger partial charge in [0.2, 0.25) is 0 Å². The summed E-state index contributed by atoms with van der Waals surface area (Å²) in [7, 11) is -0.944. The van der Waals surface area contributed by atoms with Gasteiger partial charge < -0.3 is 0 Å². The molecule has 0 unspecified atom stereocenters. The average molecular weight is 192 g/mol. The van der Waals surface area contributed by atoms with Gasteiger partial charge in [-0.25, -0.2) is 0 Å². The van der Waals surface area contributed by atoms with Gasteiger partial charge >= 0.3 is 0 Å². The molecule has 0 radical (unpaired) electrons. The lowest BCUT2D eigenvalue weighted by Gasteiger charge is -2.21. The molecule has 0 fully saturated rings. The van der Waals surface area contributed by atoms with Crippen molar-refractivity contribution in [3.8, 4) is 0 Å². The van der Waals surface area contributed by atoms with Crippen LogP contribution >= 0.6 is 0 Å². The zero-order chi connectivity index (χ0) is 9.73. The van der Waals surface area contributed by atoms with Crippen LogP contribution < -0.4 is 0 Å². The van der Waals surface area contributed by atoms with Crippen molar-refractivity contribution in [2.24, 2.45) is 0 Å². The van der Waals surface area contributed by atoms with E-state index in [1.54, 1.807) is 0 Å². The van der Waals surface area contributed by atoms with Crippen LogP contribution in [0, 0.1) is 0 Å². The van der Waals surface area contributed by atoms with E-state index < -0.39 is 8.07 Å². The first-order valence-corrected chi connectivity index (χ1v) is 8.59. The molecule has 0 aliphatic carbocycles. The summed E-state index contributed by atoms with van der Waals surface area (Å²) in [5.41, 5.74) is 1.52. The molecule has 72 valence electrons. The average Bonchev–Trinajstić information content (AvgIpc) is 2.04. The lowest BCUT2D eigenvalue weighted by Crippen LogP contribution is -2.28. The van der Waals surface area contributed by atoms with Gasteiger partial charge in [-0.1, -0.05) is 68.4 Å². The van der Waals surface area contributed by atoms with E-state index in [1.807, 2.05) is 0 Å². The van der Waals surface area contributed by atoms with Crippen LogP contribution in [0.2, 0.25) is 19.1 Å². The first kappa shape index (κ1) is 10.5. The van der Waals surface area contributed by atoms with E-state index >= 15 is 0 Å². The normalized spacial score (nSPS) is 11.6. The number of rotatable bonds is 4. The molecule has 13 heavy (non-hydrogen) atoms. The highest BCUT2D eigenvalue weighted by molar-refractivity contribution is 6.76. The topological polar surface area (TPSA) is 0 Å². The second-order valence-electron chi connectivity index (χ2n) is 4.58. The number of hydrogen-bond acceptors (Lipinski definition) is 0. The summed E-state index contributed by atoms with van der Waals surface area (Å²) in [6.45, 7) is 7.27. The molecule has 0 amide bonds. The van der Waals surface area contributed by atoms with Gasteiger partial charge in [0.05, 0.1) is 8.07 Å².